The lowest BCUT2D eigenvalue weighted by Crippen LogP contribution is -2.28. The summed E-state index contributed by atoms with van der Waals surface area (Å²) in [5.74, 6) is -2.63. The standard InChI is InChI=1S/C26H28N2O7/c1-3-4-13-34-25(32)19-7-11-22(12-8-19)28-15-20(14-24(28)31)26(33)35-16-23(30)27-21-9-5-18(6-10-21)17(2)29/h5-12,20H,3-4,13-16H2,1-2H3,(H,27,30)/t20-/m1/s1. The third-order valence-corrected chi connectivity index (χ3v) is 5.52. The van der Waals surface area contributed by atoms with Crippen LogP contribution in [0.2, 0.25) is 0 Å². The van der Waals surface area contributed by atoms with Crippen molar-refractivity contribution in [2.75, 3.05) is 30.0 Å². The largest absolute Gasteiger partial charge is 0.462 e. The number of Topliss-reactive ketones (excluding diaryl/α,β-unsaturated/α-hetero) is 1. The van der Waals surface area contributed by atoms with E-state index in [0.29, 0.717) is 29.1 Å². The molecular formula is C26H28N2O7. The Labute approximate surface area is 203 Å². The Kier molecular flexibility index (Phi) is 8.72. The van der Waals surface area contributed by atoms with Crippen LogP contribution < -0.4 is 10.2 Å². The summed E-state index contributed by atoms with van der Waals surface area (Å²) in [6, 6.07) is 12.8. The second-order valence-corrected chi connectivity index (χ2v) is 8.23. The van der Waals surface area contributed by atoms with E-state index < -0.39 is 30.4 Å². The number of nitrogens with zero attached hydrogens (tertiary/aromatic N) is 1. The van der Waals surface area contributed by atoms with Crippen LogP contribution in [0.15, 0.2) is 48.5 Å². The molecule has 1 saturated heterocycles. The fraction of sp³-hybridized carbons (Fsp3) is 0.346. The number of unbranched alkanes of at least 4 members (excludes halogenated alkanes) is 1. The number of anilines is 2. The molecule has 0 aliphatic carbocycles. The lowest BCUT2D eigenvalue weighted by molar-refractivity contribution is -0.151. The molecule has 1 aliphatic rings. The van der Waals surface area contributed by atoms with Crippen LogP contribution in [0.25, 0.3) is 0 Å². The number of carbonyl (C=O) groups excluding carboxylic acids is 5. The van der Waals surface area contributed by atoms with E-state index in [0.717, 1.165) is 12.8 Å². The van der Waals surface area contributed by atoms with Crippen molar-refractivity contribution in [1.29, 1.82) is 0 Å². The van der Waals surface area contributed by atoms with E-state index in [1.807, 2.05) is 6.92 Å². The maximum Gasteiger partial charge on any atom is 0.338 e. The molecule has 0 saturated carbocycles. The molecule has 9 nitrogen and oxygen atoms in total. The first kappa shape index (κ1) is 25.6. The first-order valence-corrected chi connectivity index (χ1v) is 11.4. The smallest absolute Gasteiger partial charge is 0.338 e. The van der Waals surface area contributed by atoms with Gasteiger partial charge in [-0.15, -0.1) is 0 Å². The minimum absolute atomic E-state index is 0.0340. The third-order valence-electron chi connectivity index (χ3n) is 5.52. The lowest BCUT2D eigenvalue weighted by atomic mass is 10.1. The Balaban J connectivity index is 1.49. The molecule has 1 N–H and O–H groups in total. The molecule has 9 heteroatoms. The predicted octanol–water partition coefficient (Wildman–Crippen LogP) is 3.38. The molecule has 3 rings (SSSR count). The van der Waals surface area contributed by atoms with Gasteiger partial charge in [0.05, 0.1) is 18.1 Å². The van der Waals surface area contributed by atoms with Crippen molar-refractivity contribution < 1.29 is 33.4 Å². The molecule has 0 unspecified atom stereocenters. The highest BCUT2D eigenvalue weighted by atomic mass is 16.5. The number of ether oxygens (including phenoxy) is 2. The lowest BCUT2D eigenvalue weighted by Gasteiger charge is -2.17. The fourth-order valence-electron chi connectivity index (χ4n) is 3.52. The summed E-state index contributed by atoms with van der Waals surface area (Å²) in [5.41, 5.74) is 1.93. The van der Waals surface area contributed by atoms with Gasteiger partial charge in [0.15, 0.2) is 12.4 Å². The molecule has 1 aliphatic heterocycles. The van der Waals surface area contributed by atoms with Gasteiger partial charge < -0.3 is 19.7 Å². The summed E-state index contributed by atoms with van der Waals surface area (Å²) >= 11 is 0. The average Bonchev–Trinajstić information content (AvgIpc) is 3.24. The summed E-state index contributed by atoms with van der Waals surface area (Å²) in [6.45, 7) is 3.43. The van der Waals surface area contributed by atoms with Gasteiger partial charge in [0, 0.05) is 29.9 Å². The quantitative estimate of drug-likeness (QED) is 0.315. The normalized spacial score (nSPS) is 15.0. The van der Waals surface area contributed by atoms with Crippen LogP contribution in [0.3, 0.4) is 0 Å². The zero-order valence-electron chi connectivity index (χ0n) is 19.7. The summed E-state index contributed by atoms with van der Waals surface area (Å²) in [7, 11) is 0. The van der Waals surface area contributed by atoms with E-state index in [4.69, 9.17) is 9.47 Å². The second-order valence-electron chi connectivity index (χ2n) is 8.23. The van der Waals surface area contributed by atoms with Crippen LogP contribution in [0.1, 0.15) is 53.8 Å². The molecule has 0 aromatic heterocycles. The number of rotatable bonds is 10. The van der Waals surface area contributed by atoms with E-state index in [9.17, 15) is 24.0 Å². The molecule has 2 aromatic carbocycles. The summed E-state index contributed by atoms with van der Waals surface area (Å²) in [4.78, 5) is 61.8. The van der Waals surface area contributed by atoms with Crippen LogP contribution in [-0.4, -0.2) is 49.3 Å². The predicted molar refractivity (Wildman–Crippen MR) is 128 cm³/mol. The molecule has 1 fully saturated rings. The Morgan fingerprint density at radius 3 is 2.26 bits per heavy atom. The number of nitrogens with one attached hydrogen (secondary N) is 1. The van der Waals surface area contributed by atoms with E-state index in [-0.39, 0.29) is 24.7 Å². The van der Waals surface area contributed by atoms with Crippen molar-refractivity contribution in [1.82, 2.24) is 0 Å². The minimum atomic E-state index is -0.705. The van der Waals surface area contributed by atoms with Crippen molar-refractivity contribution >= 4 is 40.9 Å². The van der Waals surface area contributed by atoms with Gasteiger partial charge in [-0.2, -0.15) is 0 Å². The SMILES string of the molecule is CCCCOC(=O)c1ccc(N2C[C@H](C(=O)OCC(=O)Nc3ccc(C(C)=O)cc3)CC2=O)cc1. The van der Waals surface area contributed by atoms with Gasteiger partial charge >= 0.3 is 11.9 Å². The highest BCUT2D eigenvalue weighted by Gasteiger charge is 2.36. The zero-order valence-corrected chi connectivity index (χ0v) is 19.7. The molecule has 1 atom stereocenters. The number of amides is 2. The average molecular weight is 481 g/mol. The van der Waals surface area contributed by atoms with Gasteiger partial charge in [-0.05, 0) is 61.9 Å². The van der Waals surface area contributed by atoms with E-state index >= 15 is 0 Å². The number of esters is 2. The molecule has 2 aromatic rings. The first-order valence-electron chi connectivity index (χ1n) is 11.4. The van der Waals surface area contributed by atoms with E-state index in [1.165, 1.54) is 11.8 Å². The Bertz CT molecular complexity index is 1090. The molecule has 0 bridgehead atoms. The van der Waals surface area contributed by atoms with Crippen LogP contribution in [0, 0.1) is 5.92 Å². The molecule has 1 heterocycles. The van der Waals surface area contributed by atoms with Gasteiger partial charge in [-0.25, -0.2) is 4.79 Å². The summed E-state index contributed by atoms with van der Waals surface area (Å²) in [6.07, 6.45) is 1.68. The summed E-state index contributed by atoms with van der Waals surface area (Å²) in [5, 5.41) is 2.59. The van der Waals surface area contributed by atoms with Gasteiger partial charge in [-0.3, -0.25) is 19.2 Å². The summed E-state index contributed by atoms with van der Waals surface area (Å²) < 4.78 is 10.3. The van der Waals surface area contributed by atoms with Gasteiger partial charge in [-0.1, -0.05) is 13.3 Å². The Morgan fingerprint density at radius 2 is 1.63 bits per heavy atom. The van der Waals surface area contributed by atoms with Crippen LogP contribution >= 0.6 is 0 Å². The van der Waals surface area contributed by atoms with Gasteiger partial charge in [0.1, 0.15) is 0 Å². The molecule has 0 radical (unpaired) electrons. The number of hydrogen-bond acceptors (Lipinski definition) is 7. The Morgan fingerprint density at radius 1 is 0.971 bits per heavy atom. The highest BCUT2D eigenvalue weighted by Crippen LogP contribution is 2.26. The van der Waals surface area contributed by atoms with Crippen molar-refractivity contribution in [2.24, 2.45) is 5.92 Å². The van der Waals surface area contributed by atoms with Crippen LogP contribution in [0.5, 0.6) is 0 Å². The third kappa shape index (κ3) is 6.99. The highest BCUT2D eigenvalue weighted by molar-refractivity contribution is 6.00. The van der Waals surface area contributed by atoms with Crippen molar-refractivity contribution in [3.8, 4) is 0 Å². The van der Waals surface area contributed by atoms with Crippen molar-refractivity contribution in [3.63, 3.8) is 0 Å². The maximum atomic E-state index is 12.5. The topological polar surface area (TPSA) is 119 Å². The van der Waals surface area contributed by atoms with Gasteiger partial charge in [0.2, 0.25) is 5.91 Å². The van der Waals surface area contributed by atoms with E-state index in [2.05, 4.69) is 5.32 Å². The van der Waals surface area contributed by atoms with Crippen molar-refractivity contribution in [2.45, 2.75) is 33.1 Å². The zero-order chi connectivity index (χ0) is 25.4. The molecular weight excluding hydrogens is 452 g/mol. The number of hydrogen-bond donors (Lipinski definition) is 1. The van der Waals surface area contributed by atoms with Crippen LogP contribution in [0.4, 0.5) is 11.4 Å². The minimum Gasteiger partial charge on any atom is -0.462 e. The maximum absolute atomic E-state index is 12.5. The fourth-order valence-corrected chi connectivity index (χ4v) is 3.52. The number of carbonyl (C=O) groups is 5. The molecule has 2 amide bonds. The number of benzene rings is 2. The molecule has 184 valence electrons. The van der Waals surface area contributed by atoms with Crippen molar-refractivity contribution in [3.05, 3.63) is 59.7 Å². The van der Waals surface area contributed by atoms with Crippen LogP contribution in [-0.2, 0) is 23.9 Å². The second kappa shape index (κ2) is 11.9. The number of ketones is 1. The first-order chi connectivity index (χ1) is 16.8. The van der Waals surface area contributed by atoms with Gasteiger partial charge in [0.25, 0.3) is 5.91 Å². The molecule has 0 spiro atoms. The molecule has 35 heavy (non-hydrogen) atoms. The monoisotopic (exact) mass is 480 g/mol. The Hall–Kier alpha value is -4.01. The van der Waals surface area contributed by atoms with E-state index in [1.54, 1.807) is 48.5 Å².